The van der Waals surface area contributed by atoms with E-state index in [1.807, 2.05) is 0 Å². The summed E-state index contributed by atoms with van der Waals surface area (Å²) in [5.74, 6) is 4.26. The van der Waals surface area contributed by atoms with Crippen LogP contribution in [0.25, 0.3) is 71.7 Å². The zero-order valence-electron chi connectivity index (χ0n) is 46.2. The molecular weight excluding hydrogens is 944 g/mol. The molecule has 4 heterocycles. The molecule has 7 aliphatic carbocycles. The largest absolute Gasteiger partial charge is 0.454 e. The third kappa shape index (κ3) is 5.82. The van der Waals surface area contributed by atoms with Gasteiger partial charge in [-0.15, -0.1) is 0 Å². The van der Waals surface area contributed by atoms with Crippen LogP contribution in [0, 0.1) is 29.6 Å². The second-order valence-corrected chi connectivity index (χ2v) is 27.9. The molecule has 0 N–H and O–H groups in total. The molecular formula is C74H69BN2O. The fraction of sp³-hybridized carbons (Fsp3) is 0.351. The monoisotopic (exact) mass is 1010 g/mol. The van der Waals surface area contributed by atoms with Gasteiger partial charge in [-0.25, -0.2) is 0 Å². The van der Waals surface area contributed by atoms with Crippen molar-refractivity contribution in [2.75, 3.05) is 4.81 Å². The highest BCUT2D eigenvalue weighted by Gasteiger charge is 2.54. The maximum atomic E-state index is 7.40. The van der Waals surface area contributed by atoms with Crippen LogP contribution in [0.3, 0.4) is 0 Å². The van der Waals surface area contributed by atoms with Gasteiger partial charge in [0.2, 0.25) is 0 Å². The van der Waals surface area contributed by atoms with Crippen molar-refractivity contribution in [2.24, 2.45) is 29.6 Å². The van der Waals surface area contributed by atoms with Crippen molar-refractivity contribution in [3.05, 3.63) is 185 Å². The fourth-order valence-electron chi connectivity index (χ4n) is 20.0. The van der Waals surface area contributed by atoms with E-state index in [2.05, 4.69) is 196 Å². The highest BCUT2D eigenvalue weighted by atomic mass is 16.3. The first-order valence-corrected chi connectivity index (χ1v) is 30.3. The maximum absolute atomic E-state index is 7.40. The van der Waals surface area contributed by atoms with E-state index in [4.69, 9.17) is 4.42 Å². The van der Waals surface area contributed by atoms with Crippen molar-refractivity contribution >= 4 is 72.9 Å². The van der Waals surface area contributed by atoms with Gasteiger partial charge in [0.25, 0.3) is 0 Å². The van der Waals surface area contributed by atoms with Crippen LogP contribution in [0.2, 0.25) is 0 Å². The summed E-state index contributed by atoms with van der Waals surface area (Å²) in [6.45, 7) is 12.3. The molecule has 10 aromatic rings. The SMILES string of the molecule is CCC1(c2ccc3c(c2)c2cc(C45CC6CC(CC(C6)C4)C5)cc4c2n3-c2c3c(cc5c2oc2ccccc25)-c2cc5c(cc2N(c2ccc(-c6ccccc6)cc2)B34)C(C)(C)c2ccccc2C5(C)C)CC2CCC(C2)C1. The maximum Gasteiger partial charge on any atom is 0.333 e. The molecule has 2 atom stereocenters. The van der Waals surface area contributed by atoms with Crippen molar-refractivity contribution in [2.45, 2.75) is 133 Å². The highest BCUT2D eigenvalue weighted by molar-refractivity contribution is 6.94. The molecule has 6 bridgehead atoms. The Morgan fingerprint density at radius 2 is 1.15 bits per heavy atom. The van der Waals surface area contributed by atoms with Gasteiger partial charge < -0.3 is 13.8 Å². The Labute approximate surface area is 460 Å². The van der Waals surface area contributed by atoms with Gasteiger partial charge in [-0.2, -0.15) is 0 Å². The molecule has 9 aliphatic rings. The van der Waals surface area contributed by atoms with Gasteiger partial charge in [0.05, 0.1) is 16.7 Å². The number of benzene rings is 8. The quantitative estimate of drug-likeness (QED) is 0.160. The van der Waals surface area contributed by atoms with Gasteiger partial charge in [-0.3, -0.25) is 0 Å². The lowest BCUT2D eigenvalue weighted by Gasteiger charge is -2.57. The standard InChI is InChI=1S/C74H69BN2O/c1-6-73(38-43-20-21-44(28-43)39-73)50-24-27-64-54(32-50)57-33-51(74-40-45-29-46(41-74)31-47(30-45)42-74)34-63-68(57)76(64)69-67-56(35-58-53-16-10-13-19-66(53)78-70(58)69)55-36-61-62(72(4,5)60-18-12-11-17-59(60)71(61,2)3)37-65(55)77(75(63)67)52-25-22-49(23-26-52)48-14-8-7-9-15-48/h7-19,22-27,32-37,43-47H,6,20-21,28-31,38-42H2,1-5H3. The summed E-state index contributed by atoms with van der Waals surface area (Å²) >= 11 is 0. The van der Waals surface area contributed by atoms with Crippen LogP contribution >= 0.6 is 0 Å². The molecule has 2 aromatic heterocycles. The minimum atomic E-state index is -0.217. The van der Waals surface area contributed by atoms with E-state index in [-0.39, 0.29) is 28.5 Å². The summed E-state index contributed by atoms with van der Waals surface area (Å²) in [4.78, 5) is 2.82. The van der Waals surface area contributed by atoms with Crippen molar-refractivity contribution in [1.29, 1.82) is 0 Å². The molecule has 6 saturated carbocycles. The van der Waals surface area contributed by atoms with Gasteiger partial charge in [0, 0.05) is 49.3 Å². The van der Waals surface area contributed by atoms with Crippen molar-refractivity contribution in [1.82, 2.24) is 4.57 Å². The van der Waals surface area contributed by atoms with Crippen LogP contribution in [0.4, 0.5) is 11.4 Å². The molecule has 0 radical (unpaired) electrons. The first kappa shape index (κ1) is 45.1. The Bertz CT molecular complexity index is 4200. The smallest absolute Gasteiger partial charge is 0.333 e. The summed E-state index contributed by atoms with van der Waals surface area (Å²) < 4.78 is 10.2. The van der Waals surface area contributed by atoms with Gasteiger partial charge in [0.15, 0.2) is 5.58 Å². The van der Waals surface area contributed by atoms with Crippen molar-refractivity contribution in [3.8, 4) is 27.9 Å². The van der Waals surface area contributed by atoms with E-state index in [9.17, 15) is 0 Å². The third-order valence-electron chi connectivity index (χ3n) is 23.1. The number of aromatic nitrogens is 1. The van der Waals surface area contributed by atoms with Gasteiger partial charge in [0.1, 0.15) is 5.58 Å². The molecule has 0 amide bonds. The summed E-state index contributed by atoms with van der Waals surface area (Å²) in [6, 6.07) is 60.2. The second kappa shape index (κ2) is 15.3. The van der Waals surface area contributed by atoms with Gasteiger partial charge >= 0.3 is 6.85 Å². The third-order valence-corrected chi connectivity index (χ3v) is 23.1. The van der Waals surface area contributed by atoms with Crippen LogP contribution < -0.4 is 15.7 Å². The van der Waals surface area contributed by atoms with Gasteiger partial charge in [-0.1, -0.05) is 145 Å². The highest BCUT2D eigenvalue weighted by Crippen LogP contribution is 2.62. The molecule has 3 nitrogen and oxygen atoms in total. The number of hydrogen-bond acceptors (Lipinski definition) is 2. The number of anilines is 2. The number of hydrogen-bond donors (Lipinski definition) is 0. The van der Waals surface area contributed by atoms with Crippen LogP contribution in [0.5, 0.6) is 0 Å². The molecule has 4 heteroatoms. The predicted molar refractivity (Wildman–Crippen MR) is 325 cm³/mol. The molecule has 6 fully saturated rings. The Morgan fingerprint density at radius 3 is 1.86 bits per heavy atom. The van der Waals surface area contributed by atoms with Crippen LogP contribution in [-0.4, -0.2) is 11.4 Å². The predicted octanol–water partition coefficient (Wildman–Crippen LogP) is 17.9. The normalized spacial score (nSPS) is 27.2. The second-order valence-electron chi connectivity index (χ2n) is 27.9. The zero-order chi connectivity index (χ0) is 51.8. The molecule has 0 saturated heterocycles. The van der Waals surface area contributed by atoms with E-state index in [0.29, 0.717) is 0 Å². The van der Waals surface area contributed by atoms with Crippen molar-refractivity contribution in [3.63, 3.8) is 0 Å². The molecule has 8 aromatic carbocycles. The van der Waals surface area contributed by atoms with E-state index >= 15 is 0 Å². The minimum absolute atomic E-state index is 0.115. The lowest BCUT2D eigenvalue weighted by molar-refractivity contribution is -0.00509. The molecule has 384 valence electrons. The Morgan fingerprint density at radius 1 is 0.526 bits per heavy atom. The van der Waals surface area contributed by atoms with E-state index in [0.717, 1.165) is 40.8 Å². The first-order valence-electron chi connectivity index (χ1n) is 30.3. The summed E-state index contributed by atoms with van der Waals surface area (Å²) in [6.07, 6.45) is 16.5. The van der Waals surface area contributed by atoms with E-state index in [1.54, 1.807) is 11.1 Å². The minimum Gasteiger partial charge on any atom is -0.454 e. The van der Waals surface area contributed by atoms with Crippen LogP contribution in [-0.2, 0) is 21.7 Å². The number of rotatable bonds is 5. The lowest BCUT2D eigenvalue weighted by Crippen LogP contribution is -2.61. The number of nitrogens with zero attached hydrogens (tertiary/aromatic N) is 2. The Hall–Kier alpha value is -6.78. The number of furan rings is 1. The molecule has 0 spiro atoms. The average Bonchev–Trinajstić information content (AvgIpc) is 4.29. The van der Waals surface area contributed by atoms with Gasteiger partial charge in [-0.05, 0) is 220 Å². The number of fused-ring (bicyclic) bond motifs is 15. The van der Waals surface area contributed by atoms with E-state index < -0.39 is 0 Å². The van der Waals surface area contributed by atoms with Crippen LogP contribution in [0.15, 0.2) is 156 Å². The number of para-hydroxylation sites is 1. The average molecular weight is 1010 g/mol. The lowest BCUT2D eigenvalue weighted by atomic mass is 9.42. The molecule has 19 rings (SSSR count). The van der Waals surface area contributed by atoms with Crippen LogP contribution in [0.1, 0.15) is 145 Å². The topological polar surface area (TPSA) is 21.3 Å². The Kier molecular flexibility index (Phi) is 8.86. The molecule has 78 heavy (non-hydrogen) atoms. The van der Waals surface area contributed by atoms with E-state index in [1.165, 1.54) is 182 Å². The van der Waals surface area contributed by atoms with Crippen molar-refractivity contribution < 1.29 is 4.42 Å². The first-order chi connectivity index (χ1) is 38.0. The Balaban J connectivity index is 0.988. The molecule has 2 aliphatic heterocycles. The summed E-state index contributed by atoms with van der Waals surface area (Å²) in [5, 5.41) is 5.28. The summed E-state index contributed by atoms with van der Waals surface area (Å²) in [5.41, 5.74) is 25.3. The fourth-order valence-corrected chi connectivity index (χ4v) is 20.0. The zero-order valence-corrected chi connectivity index (χ0v) is 46.2. The summed E-state index contributed by atoms with van der Waals surface area (Å²) in [7, 11) is 0. The molecule has 2 unspecified atom stereocenters.